The Bertz CT molecular complexity index is 564. The number of amides is 1. The Kier molecular flexibility index (Phi) is 4.63. The van der Waals surface area contributed by atoms with Gasteiger partial charge in [-0.2, -0.15) is 0 Å². The van der Waals surface area contributed by atoms with Gasteiger partial charge in [0.15, 0.2) is 11.5 Å². The lowest BCUT2D eigenvalue weighted by atomic mass is 10.0. The lowest BCUT2D eigenvalue weighted by Gasteiger charge is -2.26. The van der Waals surface area contributed by atoms with Crippen LogP contribution in [0.4, 0.5) is 0 Å². The quantitative estimate of drug-likeness (QED) is 0.801. The van der Waals surface area contributed by atoms with Crippen LogP contribution < -0.4 is 9.47 Å². The first kappa shape index (κ1) is 14.9. The van der Waals surface area contributed by atoms with Crippen LogP contribution in [0.25, 0.3) is 6.08 Å². The number of benzene rings is 1. The summed E-state index contributed by atoms with van der Waals surface area (Å²) < 4.78 is 16.0. The molecule has 0 N–H and O–H groups in total. The molecule has 5 heteroatoms. The summed E-state index contributed by atoms with van der Waals surface area (Å²) in [6, 6.07) is 5.64. The molecule has 1 aromatic rings. The third kappa shape index (κ3) is 3.60. The van der Waals surface area contributed by atoms with Gasteiger partial charge in [-0.1, -0.05) is 6.07 Å². The average molecular weight is 303 g/mol. The molecule has 1 atom stereocenters. The van der Waals surface area contributed by atoms with E-state index < -0.39 is 0 Å². The van der Waals surface area contributed by atoms with E-state index >= 15 is 0 Å². The molecular formula is C17H21NO4. The van der Waals surface area contributed by atoms with E-state index in [0.29, 0.717) is 5.92 Å². The van der Waals surface area contributed by atoms with Crippen molar-refractivity contribution in [2.75, 3.05) is 33.6 Å². The van der Waals surface area contributed by atoms with Crippen molar-refractivity contribution < 1.29 is 19.0 Å². The number of likely N-dealkylation sites (N-methyl/N-ethyl adjacent to an activating group) is 1. The third-order valence-corrected chi connectivity index (χ3v) is 3.98. The van der Waals surface area contributed by atoms with E-state index in [4.69, 9.17) is 14.2 Å². The van der Waals surface area contributed by atoms with Gasteiger partial charge in [0.2, 0.25) is 12.7 Å². The Morgan fingerprint density at radius 1 is 1.36 bits per heavy atom. The Morgan fingerprint density at radius 3 is 3.05 bits per heavy atom. The predicted molar refractivity (Wildman–Crippen MR) is 82.8 cm³/mol. The molecule has 2 aliphatic rings. The topological polar surface area (TPSA) is 48.0 Å². The number of fused-ring (bicyclic) bond motifs is 1. The largest absolute Gasteiger partial charge is 0.454 e. The molecule has 0 bridgehead atoms. The molecule has 1 amide bonds. The van der Waals surface area contributed by atoms with Gasteiger partial charge in [-0.25, -0.2) is 0 Å². The monoisotopic (exact) mass is 303 g/mol. The van der Waals surface area contributed by atoms with Crippen molar-refractivity contribution in [2.24, 2.45) is 5.92 Å². The highest BCUT2D eigenvalue weighted by atomic mass is 16.7. The van der Waals surface area contributed by atoms with Gasteiger partial charge in [0.25, 0.3) is 0 Å². The fourth-order valence-corrected chi connectivity index (χ4v) is 2.74. The number of rotatable bonds is 4. The molecule has 1 saturated heterocycles. The number of ether oxygens (including phenoxy) is 3. The highest BCUT2D eigenvalue weighted by Crippen LogP contribution is 2.32. The third-order valence-electron chi connectivity index (χ3n) is 3.98. The lowest BCUT2D eigenvalue weighted by Crippen LogP contribution is -2.34. The first-order valence-corrected chi connectivity index (χ1v) is 7.63. The van der Waals surface area contributed by atoms with Crippen molar-refractivity contribution in [3.05, 3.63) is 29.8 Å². The lowest BCUT2D eigenvalue weighted by molar-refractivity contribution is -0.125. The van der Waals surface area contributed by atoms with Crippen LogP contribution in [0.5, 0.6) is 11.5 Å². The van der Waals surface area contributed by atoms with Gasteiger partial charge in [-0.3, -0.25) is 4.79 Å². The maximum absolute atomic E-state index is 12.2. The van der Waals surface area contributed by atoms with Crippen LogP contribution in [-0.2, 0) is 9.53 Å². The van der Waals surface area contributed by atoms with E-state index in [9.17, 15) is 4.79 Å². The van der Waals surface area contributed by atoms with Gasteiger partial charge in [0.05, 0.1) is 6.61 Å². The van der Waals surface area contributed by atoms with Gasteiger partial charge in [-0.05, 0) is 42.5 Å². The second-order valence-electron chi connectivity index (χ2n) is 5.75. The molecule has 2 aliphatic heterocycles. The van der Waals surface area contributed by atoms with Crippen molar-refractivity contribution in [3.63, 3.8) is 0 Å². The minimum Gasteiger partial charge on any atom is -0.454 e. The summed E-state index contributed by atoms with van der Waals surface area (Å²) in [7, 11) is 1.83. The first-order chi connectivity index (χ1) is 10.7. The van der Waals surface area contributed by atoms with Gasteiger partial charge >= 0.3 is 0 Å². The second-order valence-corrected chi connectivity index (χ2v) is 5.75. The van der Waals surface area contributed by atoms with Gasteiger partial charge in [0.1, 0.15) is 0 Å². The smallest absolute Gasteiger partial charge is 0.246 e. The van der Waals surface area contributed by atoms with E-state index in [1.807, 2.05) is 25.2 Å². The maximum Gasteiger partial charge on any atom is 0.246 e. The fourth-order valence-electron chi connectivity index (χ4n) is 2.74. The van der Waals surface area contributed by atoms with E-state index in [1.165, 1.54) is 0 Å². The normalized spacial score (nSPS) is 20.3. The molecule has 22 heavy (non-hydrogen) atoms. The SMILES string of the molecule is CN(CC1CCCOC1)C(=O)/C=C/c1ccc2c(c1)OCO2. The number of hydrogen-bond donors (Lipinski definition) is 0. The zero-order valence-electron chi connectivity index (χ0n) is 12.8. The summed E-state index contributed by atoms with van der Waals surface area (Å²) in [6.07, 6.45) is 5.61. The van der Waals surface area contributed by atoms with Crippen molar-refractivity contribution in [1.29, 1.82) is 0 Å². The summed E-state index contributed by atoms with van der Waals surface area (Å²) in [6.45, 7) is 2.60. The Balaban J connectivity index is 1.56. The molecule has 1 fully saturated rings. The summed E-state index contributed by atoms with van der Waals surface area (Å²) in [5.74, 6) is 1.92. The summed E-state index contributed by atoms with van der Waals surface area (Å²) >= 11 is 0. The number of nitrogens with zero attached hydrogens (tertiary/aromatic N) is 1. The zero-order valence-corrected chi connectivity index (χ0v) is 12.8. The Morgan fingerprint density at radius 2 is 2.23 bits per heavy atom. The van der Waals surface area contributed by atoms with Crippen LogP contribution in [0.1, 0.15) is 18.4 Å². The van der Waals surface area contributed by atoms with Gasteiger partial charge < -0.3 is 19.1 Å². The van der Waals surface area contributed by atoms with E-state index in [0.717, 1.165) is 49.7 Å². The van der Waals surface area contributed by atoms with Crippen LogP contribution in [0.3, 0.4) is 0 Å². The van der Waals surface area contributed by atoms with Crippen LogP contribution in [-0.4, -0.2) is 44.4 Å². The summed E-state index contributed by atoms with van der Waals surface area (Å²) in [4.78, 5) is 13.9. The molecule has 118 valence electrons. The van der Waals surface area contributed by atoms with Crippen molar-refractivity contribution >= 4 is 12.0 Å². The molecule has 0 aliphatic carbocycles. The van der Waals surface area contributed by atoms with Crippen molar-refractivity contribution in [2.45, 2.75) is 12.8 Å². The highest BCUT2D eigenvalue weighted by Gasteiger charge is 2.17. The molecular weight excluding hydrogens is 282 g/mol. The molecule has 0 saturated carbocycles. The van der Waals surface area contributed by atoms with Crippen LogP contribution in [0.2, 0.25) is 0 Å². The first-order valence-electron chi connectivity index (χ1n) is 7.63. The van der Waals surface area contributed by atoms with Gasteiger partial charge in [-0.15, -0.1) is 0 Å². The van der Waals surface area contributed by atoms with E-state index in [-0.39, 0.29) is 12.7 Å². The molecule has 3 rings (SSSR count). The minimum atomic E-state index is 0.00300. The fraction of sp³-hybridized carbons (Fsp3) is 0.471. The van der Waals surface area contributed by atoms with Crippen LogP contribution in [0, 0.1) is 5.92 Å². The van der Waals surface area contributed by atoms with Crippen molar-refractivity contribution in [1.82, 2.24) is 4.90 Å². The van der Waals surface area contributed by atoms with Crippen LogP contribution >= 0.6 is 0 Å². The van der Waals surface area contributed by atoms with Gasteiger partial charge in [0, 0.05) is 26.3 Å². The molecule has 1 aromatic carbocycles. The molecule has 2 heterocycles. The van der Waals surface area contributed by atoms with Crippen LogP contribution in [0.15, 0.2) is 24.3 Å². The molecule has 5 nitrogen and oxygen atoms in total. The summed E-state index contributed by atoms with van der Waals surface area (Å²) in [5.41, 5.74) is 0.923. The average Bonchev–Trinajstić information content (AvgIpc) is 3.01. The molecule has 1 unspecified atom stereocenters. The minimum absolute atomic E-state index is 0.00300. The Hall–Kier alpha value is -2.01. The molecule has 0 aromatic heterocycles. The molecule has 0 spiro atoms. The number of carbonyl (C=O) groups excluding carboxylic acids is 1. The standard InChI is InChI=1S/C17H21NO4/c1-18(10-14-3-2-8-20-11-14)17(19)7-5-13-4-6-15-16(9-13)22-12-21-15/h4-7,9,14H,2-3,8,10-12H2,1H3/b7-5+. The Labute approximate surface area is 130 Å². The zero-order chi connectivity index (χ0) is 15.4. The molecule has 0 radical (unpaired) electrons. The maximum atomic E-state index is 12.2. The number of carbonyl (C=O) groups is 1. The highest BCUT2D eigenvalue weighted by molar-refractivity contribution is 5.91. The van der Waals surface area contributed by atoms with E-state index in [1.54, 1.807) is 17.1 Å². The van der Waals surface area contributed by atoms with Crippen molar-refractivity contribution in [3.8, 4) is 11.5 Å². The predicted octanol–water partition coefficient (Wildman–Crippen LogP) is 2.31. The number of hydrogen-bond acceptors (Lipinski definition) is 4. The summed E-state index contributed by atoms with van der Waals surface area (Å²) in [5, 5.41) is 0. The second kappa shape index (κ2) is 6.83. The van der Waals surface area contributed by atoms with E-state index in [2.05, 4.69) is 0 Å².